The van der Waals surface area contributed by atoms with Gasteiger partial charge in [-0.25, -0.2) is 4.98 Å². The number of aryl methyl sites for hydroxylation is 1. The van der Waals surface area contributed by atoms with Crippen molar-refractivity contribution in [1.29, 1.82) is 0 Å². The fourth-order valence-electron chi connectivity index (χ4n) is 3.44. The smallest absolute Gasteiger partial charge is 0.228 e. The molecule has 7 nitrogen and oxygen atoms in total. The number of thiazole rings is 1. The quantitative estimate of drug-likeness (QED) is 0.551. The Bertz CT molecular complexity index is 968. The summed E-state index contributed by atoms with van der Waals surface area (Å²) in [5.41, 5.74) is 0.769. The molecule has 4 rings (SSSR count). The third kappa shape index (κ3) is 4.87. The number of carbonyl (C=O) groups excluding carboxylic acids is 1. The molecule has 0 N–H and O–H groups in total. The van der Waals surface area contributed by atoms with Crippen LogP contribution in [0.5, 0.6) is 0 Å². The lowest BCUT2D eigenvalue weighted by Crippen LogP contribution is -2.37. The maximum absolute atomic E-state index is 13.1. The number of hydrogen-bond acceptors (Lipinski definition) is 7. The number of benzene rings is 1. The molecule has 0 saturated carbocycles. The fraction of sp³-hybridized carbons (Fsp3) is 0.545. The van der Waals surface area contributed by atoms with Crippen LogP contribution in [0.25, 0.3) is 10.2 Å². The molecule has 1 aliphatic heterocycles. The van der Waals surface area contributed by atoms with Crippen molar-refractivity contribution in [2.45, 2.75) is 64.4 Å². The van der Waals surface area contributed by atoms with Crippen molar-refractivity contribution in [3.05, 3.63) is 36.0 Å². The molecule has 3 heterocycles. The van der Waals surface area contributed by atoms with Crippen LogP contribution in [-0.2, 0) is 21.4 Å². The fourth-order valence-corrected chi connectivity index (χ4v) is 4.43. The molecular formula is C22H28N4O3S. The predicted octanol–water partition coefficient (Wildman–Crippen LogP) is 4.51. The molecule has 1 atom stereocenters. The summed E-state index contributed by atoms with van der Waals surface area (Å²) in [5, 5.41) is 4.79. The maximum atomic E-state index is 13.1. The molecule has 1 unspecified atom stereocenters. The first-order chi connectivity index (χ1) is 14.4. The second-order valence-electron chi connectivity index (χ2n) is 8.72. The Morgan fingerprint density at radius 1 is 1.27 bits per heavy atom. The molecule has 0 aliphatic carbocycles. The van der Waals surface area contributed by atoms with Crippen LogP contribution in [0.3, 0.4) is 0 Å². The van der Waals surface area contributed by atoms with Gasteiger partial charge in [0.2, 0.25) is 11.8 Å². The maximum Gasteiger partial charge on any atom is 0.228 e. The zero-order valence-corrected chi connectivity index (χ0v) is 18.6. The molecule has 3 aromatic rings. The minimum atomic E-state index is -0.150. The number of aromatic nitrogens is 3. The zero-order chi connectivity index (χ0) is 21.1. The highest BCUT2D eigenvalue weighted by molar-refractivity contribution is 7.22. The van der Waals surface area contributed by atoms with Crippen LogP contribution in [0.1, 0.15) is 58.2 Å². The van der Waals surface area contributed by atoms with Gasteiger partial charge in [0.1, 0.15) is 0 Å². The first-order valence-corrected chi connectivity index (χ1v) is 11.3. The number of nitrogens with zero attached hydrogens (tertiary/aromatic N) is 4. The minimum absolute atomic E-state index is 0.0557. The van der Waals surface area contributed by atoms with Gasteiger partial charge in [-0.05, 0) is 31.4 Å². The molecule has 0 radical (unpaired) electrons. The third-order valence-corrected chi connectivity index (χ3v) is 6.20. The summed E-state index contributed by atoms with van der Waals surface area (Å²) in [6.45, 7) is 7.46. The summed E-state index contributed by atoms with van der Waals surface area (Å²) in [7, 11) is 0. The molecule has 2 aromatic heterocycles. The van der Waals surface area contributed by atoms with Gasteiger partial charge in [-0.1, -0.05) is 49.4 Å². The van der Waals surface area contributed by atoms with Crippen LogP contribution in [0.4, 0.5) is 5.13 Å². The average Bonchev–Trinajstić information content (AvgIpc) is 3.45. The van der Waals surface area contributed by atoms with Gasteiger partial charge in [0.25, 0.3) is 0 Å². The van der Waals surface area contributed by atoms with Gasteiger partial charge in [0.05, 0.1) is 22.9 Å². The molecule has 0 spiro atoms. The largest absolute Gasteiger partial charge is 0.376 e. The Morgan fingerprint density at radius 3 is 2.80 bits per heavy atom. The summed E-state index contributed by atoms with van der Waals surface area (Å²) in [4.78, 5) is 24.1. The second-order valence-corrected chi connectivity index (χ2v) is 9.73. The van der Waals surface area contributed by atoms with Gasteiger partial charge in [-0.15, -0.1) is 0 Å². The van der Waals surface area contributed by atoms with Crippen molar-refractivity contribution < 1.29 is 14.1 Å². The van der Waals surface area contributed by atoms with E-state index in [0.29, 0.717) is 37.5 Å². The van der Waals surface area contributed by atoms with Gasteiger partial charge < -0.3 is 9.26 Å². The summed E-state index contributed by atoms with van der Waals surface area (Å²) in [6, 6.07) is 7.97. The molecular weight excluding hydrogens is 400 g/mol. The first kappa shape index (κ1) is 20.9. The summed E-state index contributed by atoms with van der Waals surface area (Å²) in [5.74, 6) is 1.33. The van der Waals surface area contributed by atoms with Crippen molar-refractivity contribution >= 4 is 32.6 Å². The summed E-state index contributed by atoms with van der Waals surface area (Å²) >= 11 is 1.55. The molecule has 1 aliphatic rings. The van der Waals surface area contributed by atoms with Crippen LogP contribution in [0.2, 0.25) is 0 Å². The minimum Gasteiger partial charge on any atom is -0.376 e. The highest BCUT2D eigenvalue weighted by Crippen LogP contribution is 2.30. The highest BCUT2D eigenvalue weighted by Gasteiger charge is 2.26. The van der Waals surface area contributed by atoms with E-state index in [4.69, 9.17) is 14.2 Å². The van der Waals surface area contributed by atoms with Crippen molar-refractivity contribution in [1.82, 2.24) is 15.1 Å². The predicted molar refractivity (Wildman–Crippen MR) is 117 cm³/mol. The molecule has 160 valence electrons. The van der Waals surface area contributed by atoms with E-state index in [0.717, 1.165) is 34.8 Å². The van der Waals surface area contributed by atoms with E-state index < -0.39 is 0 Å². The highest BCUT2D eigenvalue weighted by atomic mass is 32.1. The zero-order valence-electron chi connectivity index (χ0n) is 17.8. The van der Waals surface area contributed by atoms with E-state index in [1.54, 1.807) is 16.2 Å². The Balaban J connectivity index is 1.43. The van der Waals surface area contributed by atoms with Crippen LogP contribution in [0.15, 0.2) is 28.8 Å². The van der Waals surface area contributed by atoms with Crippen LogP contribution in [0, 0.1) is 0 Å². The Kier molecular flexibility index (Phi) is 6.15. The van der Waals surface area contributed by atoms with Crippen molar-refractivity contribution in [3.63, 3.8) is 0 Å². The van der Waals surface area contributed by atoms with Gasteiger partial charge in [-0.2, -0.15) is 4.98 Å². The molecule has 1 aromatic carbocycles. The molecule has 1 fully saturated rings. The molecule has 8 heteroatoms. The molecule has 1 saturated heterocycles. The second kappa shape index (κ2) is 8.81. The standard InChI is InChI=1S/C22H28N4O3S/c1-22(2,3)20-24-18(29-25-20)11-6-12-19(27)26(14-15-8-7-13-28-15)21-23-16-9-4-5-10-17(16)30-21/h4-5,9-10,15H,6-8,11-14H2,1-3H3. The third-order valence-electron chi connectivity index (χ3n) is 5.14. The monoisotopic (exact) mass is 428 g/mol. The van der Waals surface area contributed by atoms with E-state index in [2.05, 4.69) is 10.1 Å². The summed E-state index contributed by atoms with van der Waals surface area (Å²) < 4.78 is 12.2. The van der Waals surface area contributed by atoms with Crippen LogP contribution in [-0.4, -0.2) is 40.3 Å². The van der Waals surface area contributed by atoms with Gasteiger partial charge in [0.15, 0.2) is 11.0 Å². The molecule has 0 bridgehead atoms. The SMILES string of the molecule is CC(C)(C)c1noc(CCCC(=O)N(CC2CCCO2)c2nc3ccccc3s2)n1. The summed E-state index contributed by atoms with van der Waals surface area (Å²) in [6.07, 6.45) is 3.73. The lowest BCUT2D eigenvalue weighted by molar-refractivity contribution is -0.119. The van der Waals surface area contributed by atoms with Crippen LogP contribution >= 0.6 is 11.3 Å². The van der Waals surface area contributed by atoms with E-state index >= 15 is 0 Å². The number of hydrogen-bond donors (Lipinski definition) is 0. The van der Waals surface area contributed by atoms with Gasteiger partial charge in [0, 0.05) is 24.9 Å². The van der Waals surface area contributed by atoms with E-state index in [-0.39, 0.29) is 17.4 Å². The number of ether oxygens (including phenoxy) is 1. The number of para-hydroxylation sites is 1. The molecule has 30 heavy (non-hydrogen) atoms. The van der Waals surface area contributed by atoms with Crippen molar-refractivity contribution in [2.24, 2.45) is 0 Å². The number of amides is 1. The lowest BCUT2D eigenvalue weighted by atomic mass is 9.96. The number of fused-ring (bicyclic) bond motifs is 1. The molecule has 1 amide bonds. The van der Waals surface area contributed by atoms with E-state index in [9.17, 15) is 4.79 Å². The van der Waals surface area contributed by atoms with Crippen LogP contribution < -0.4 is 4.90 Å². The van der Waals surface area contributed by atoms with Crippen molar-refractivity contribution in [3.8, 4) is 0 Å². The van der Waals surface area contributed by atoms with Gasteiger partial charge >= 0.3 is 0 Å². The lowest BCUT2D eigenvalue weighted by Gasteiger charge is -2.23. The van der Waals surface area contributed by atoms with Gasteiger partial charge in [-0.3, -0.25) is 9.69 Å². The van der Waals surface area contributed by atoms with E-state index in [1.165, 1.54) is 0 Å². The normalized spacial score (nSPS) is 17.0. The average molecular weight is 429 g/mol. The Morgan fingerprint density at radius 2 is 2.10 bits per heavy atom. The number of carbonyl (C=O) groups is 1. The topological polar surface area (TPSA) is 81.4 Å². The van der Waals surface area contributed by atoms with Crippen molar-refractivity contribution in [2.75, 3.05) is 18.1 Å². The Hall–Kier alpha value is -2.32. The van der Waals surface area contributed by atoms with E-state index in [1.807, 2.05) is 45.0 Å². The number of rotatable bonds is 7. The first-order valence-electron chi connectivity index (χ1n) is 10.5. The Labute approximate surface area is 180 Å². The number of anilines is 1.